The van der Waals surface area contributed by atoms with Gasteiger partial charge < -0.3 is 10.1 Å². The van der Waals surface area contributed by atoms with Gasteiger partial charge in [-0.1, -0.05) is 0 Å². The highest BCUT2D eigenvalue weighted by Crippen LogP contribution is 2.32. The molecule has 0 saturated carbocycles. The first kappa shape index (κ1) is 10.5. The number of fused-ring (bicyclic) bond motifs is 1. The van der Waals surface area contributed by atoms with E-state index in [1.165, 1.54) is 15.0 Å². The van der Waals surface area contributed by atoms with Gasteiger partial charge in [-0.2, -0.15) is 0 Å². The molecule has 3 heteroatoms. The van der Waals surface area contributed by atoms with Gasteiger partial charge in [-0.3, -0.25) is 0 Å². The van der Waals surface area contributed by atoms with Crippen LogP contribution in [0.15, 0.2) is 24.3 Å². The van der Waals surface area contributed by atoms with E-state index in [9.17, 15) is 0 Å². The molecule has 0 amide bonds. The van der Waals surface area contributed by atoms with Crippen LogP contribution < -0.4 is 10.1 Å². The van der Waals surface area contributed by atoms with Crippen molar-refractivity contribution in [1.82, 2.24) is 5.32 Å². The third kappa shape index (κ3) is 1.98. The van der Waals surface area contributed by atoms with Crippen LogP contribution in [0, 0.1) is 0 Å². The minimum absolute atomic E-state index is 0.411. The summed E-state index contributed by atoms with van der Waals surface area (Å²) in [4.78, 5) is 1.36. The Labute approximate surface area is 93.9 Å². The molecule has 1 unspecified atom stereocenters. The normalized spacial score (nSPS) is 13.0. The molecule has 0 aliphatic carbocycles. The Bertz CT molecular complexity index is 464. The second kappa shape index (κ2) is 4.21. The fourth-order valence-electron chi connectivity index (χ4n) is 1.51. The van der Waals surface area contributed by atoms with Crippen LogP contribution in [0.3, 0.4) is 0 Å². The summed E-state index contributed by atoms with van der Waals surface area (Å²) in [6.07, 6.45) is 0. The molecular weight excluding hydrogens is 206 g/mol. The second-order valence-corrected chi connectivity index (χ2v) is 4.68. The van der Waals surface area contributed by atoms with Gasteiger partial charge in [0.15, 0.2) is 0 Å². The van der Waals surface area contributed by atoms with E-state index >= 15 is 0 Å². The van der Waals surface area contributed by atoms with Crippen LogP contribution in [-0.4, -0.2) is 14.2 Å². The lowest BCUT2D eigenvalue weighted by atomic mass is 10.2. The summed E-state index contributed by atoms with van der Waals surface area (Å²) in [5.41, 5.74) is 0. The number of methoxy groups -OCH3 is 1. The zero-order valence-electron chi connectivity index (χ0n) is 9.20. The molecule has 0 spiro atoms. The van der Waals surface area contributed by atoms with Crippen LogP contribution in [0.1, 0.15) is 17.8 Å². The van der Waals surface area contributed by atoms with E-state index in [-0.39, 0.29) is 0 Å². The van der Waals surface area contributed by atoms with E-state index in [4.69, 9.17) is 4.74 Å². The smallest absolute Gasteiger partial charge is 0.120 e. The Morgan fingerprint density at radius 1 is 1.33 bits per heavy atom. The van der Waals surface area contributed by atoms with Gasteiger partial charge in [0.1, 0.15) is 5.75 Å². The fourth-order valence-corrected chi connectivity index (χ4v) is 2.67. The number of nitrogens with one attached hydrogen (secondary N) is 1. The molecule has 0 aliphatic rings. The minimum Gasteiger partial charge on any atom is -0.497 e. The van der Waals surface area contributed by atoms with Crippen LogP contribution in [0.25, 0.3) is 10.1 Å². The van der Waals surface area contributed by atoms with Gasteiger partial charge in [-0.15, -0.1) is 11.3 Å². The molecule has 0 bridgehead atoms. The maximum atomic E-state index is 5.21. The Kier molecular flexibility index (Phi) is 2.93. The summed E-state index contributed by atoms with van der Waals surface area (Å²) in [5.74, 6) is 0.924. The van der Waals surface area contributed by atoms with E-state index in [0.717, 1.165) is 5.75 Å². The van der Waals surface area contributed by atoms with Crippen molar-refractivity contribution in [3.05, 3.63) is 29.1 Å². The summed E-state index contributed by atoms with van der Waals surface area (Å²) in [6.45, 7) is 2.17. The van der Waals surface area contributed by atoms with E-state index < -0.39 is 0 Å². The molecule has 1 heterocycles. The van der Waals surface area contributed by atoms with Crippen molar-refractivity contribution >= 4 is 21.4 Å². The molecule has 0 fully saturated rings. The molecule has 2 nitrogen and oxygen atoms in total. The Hall–Kier alpha value is -1.06. The largest absolute Gasteiger partial charge is 0.497 e. The van der Waals surface area contributed by atoms with E-state index in [1.54, 1.807) is 7.11 Å². The third-order valence-electron chi connectivity index (χ3n) is 2.61. The summed E-state index contributed by atoms with van der Waals surface area (Å²) in [7, 11) is 3.68. The van der Waals surface area contributed by atoms with E-state index in [2.05, 4.69) is 30.4 Å². The lowest BCUT2D eigenvalue weighted by Crippen LogP contribution is -2.10. The molecule has 1 atom stereocenters. The van der Waals surface area contributed by atoms with Crippen molar-refractivity contribution in [2.75, 3.05) is 14.2 Å². The first-order valence-corrected chi connectivity index (χ1v) is 5.81. The molecular formula is C12H15NOS. The summed E-state index contributed by atoms with van der Waals surface area (Å²) in [5, 5.41) is 4.54. The molecule has 2 aromatic rings. The quantitative estimate of drug-likeness (QED) is 0.859. The number of ether oxygens (including phenoxy) is 1. The van der Waals surface area contributed by atoms with Crippen molar-refractivity contribution in [2.45, 2.75) is 13.0 Å². The number of rotatable bonds is 3. The van der Waals surface area contributed by atoms with Crippen molar-refractivity contribution in [2.24, 2.45) is 0 Å². The molecule has 0 aliphatic heterocycles. The van der Waals surface area contributed by atoms with Gasteiger partial charge in [-0.05, 0) is 43.6 Å². The van der Waals surface area contributed by atoms with Gasteiger partial charge in [0.05, 0.1) is 7.11 Å². The number of hydrogen-bond donors (Lipinski definition) is 1. The molecule has 80 valence electrons. The van der Waals surface area contributed by atoms with Crippen LogP contribution in [0.2, 0.25) is 0 Å². The summed E-state index contributed by atoms with van der Waals surface area (Å²) >= 11 is 1.82. The fraction of sp³-hybridized carbons (Fsp3) is 0.333. The number of hydrogen-bond acceptors (Lipinski definition) is 3. The lowest BCUT2D eigenvalue weighted by molar-refractivity contribution is 0.415. The minimum atomic E-state index is 0.411. The highest BCUT2D eigenvalue weighted by atomic mass is 32.1. The molecule has 15 heavy (non-hydrogen) atoms. The number of thiophene rings is 1. The predicted molar refractivity (Wildman–Crippen MR) is 65.9 cm³/mol. The highest BCUT2D eigenvalue weighted by Gasteiger charge is 2.07. The maximum absolute atomic E-state index is 5.21. The first-order valence-electron chi connectivity index (χ1n) is 4.99. The van der Waals surface area contributed by atoms with Gasteiger partial charge in [0.2, 0.25) is 0 Å². The van der Waals surface area contributed by atoms with Gasteiger partial charge in [0.25, 0.3) is 0 Å². The van der Waals surface area contributed by atoms with Crippen LogP contribution in [-0.2, 0) is 0 Å². The number of benzene rings is 1. The zero-order chi connectivity index (χ0) is 10.8. The Balaban J connectivity index is 2.46. The van der Waals surface area contributed by atoms with Gasteiger partial charge >= 0.3 is 0 Å². The van der Waals surface area contributed by atoms with Crippen molar-refractivity contribution in [3.63, 3.8) is 0 Å². The third-order valence-corrected chi connectivity index (χ3v) is 3.89. The highest BCUT2D eigenvalue weighted by molar-refractivity contribution is 7.19. The van der Waals surface area contributed by atoms with Crippen molar-refractivity contribution in [3.8, 4) is 5.75 Å². The van der Waals surface area contributed by atoms with Crippen LogP contribution >= 0.6 is 11.3 Å². The molecule has 2 rings (SSSR count). The first-order chi connectivity index (χ1) is 7.24. The molecule has 1 N–H and O–H groups in total. The average Bonchev–Trinajstić information content (AvgIpc) is 2.70. The summed E-state index contributed by atoms with van der Waals surface area (Å²) < 4.78 is 6.49. The maximum Gasteiger partial charge on any atom is 0.120 e. The predicted octanol–water partition coefficient (Wildman–Crippen LogP) is 3.19. The topological polar surface area (TPSA) is 21.3 Å². The molecule has 1 aromatic carbocycles. The van der Waals surface area contributed by atoms with Crippen molar-refractivity contribution in [1.29, 1.82) is 0 Å². The molecule has 1 aromatic heterocycles. The molecule has 0 radical (unpaired) electrons. The van der Waals surface area contributed by atoms with Gasteiger partial charge in [0, 0.05) is 15.6 Å². The van der Waals surface area contributed by atoms with E-state index in [1.807, 2.05) is 24.5 Å². The Morgan fingerprint density at radius 2 is 2.13 bits per heavy atom. The van der Waals surface area contributed by atoms with Crippen LogP contribution in [0.4, 0.5) is 0 Å². The van der Waals surface area contributed by atoms with Crippen molar-refractivity contribution < 1.29 is 4.74 Å². The lowest BCUT2D eigenvalue weighted by Gasteiger charge is -2.05. The van der Waals surface area contributed by atoms with E-state index in [0.29, 0.717) is 6.04 Å². The second-order valence-electron chi connectivity index (χ2n) is 3.56. The standard InChI is InChI=1S/C12H15NOS/c1-8(13-2)11-6-9-4-5-10(14-3)7-12(9)15-11/h4-8,13H,1-3H3. The Morgan fingerprint density at radius 3 is 2.80 bits per heavy atom. The summed E-state index contributed by atoms with van der Waals surface area (Å²) in [6, 6.07) is 8.85. The molecule has 0 saturated heterocycles. The monoisotopic (exact) mass is 221 g/mol. The zero-order valence-corrected chi connectivity index (χ0v) is 10.0. The SMILES string of the molecule is CNC(C)c1cc2ccc(OC)cc2s1. The van der Waals surface area contributed by atoms with Crippen LogP contribution in [0.5, 0.6) is 5.75 Å². The average molecular weight is 221 g/mol. The van der Waals surface area contributed by atoms with Gasteiger partial charge in [-0.25, -0.2) is 0 Å².